The first-order valence-corrected chi connectivity index (χ1v) is 5.58. The van der Waals surface area contributed by atoms with Crippen LogP contribution < -0.4 is 16.4 Å². The zero-order valence-electron chi connectivity index (χ0n) is 10.2. The molecule has 1 aromatic rings. The number of anilines is 2. The van der Waals surface area contributed by atoms with Crippen LogP contribution in [0.1, 0.15) is 23.7 Å². The van der Waals surface area contributed by atoms with Gasteiger partial charge in [0.25, 0.3) is 5.91 Å². The van der Waals surface area contributed by atoms with Crippen molar-refractivity contribution >= 4 is 17.3 Å². The van der Waals surface area contributed by atoms with E-state index in [0.717, 1.165) is 0 Å². The second kappa shape index (κ2) is 6.10. The lowest BCUT2D eigenvalue weighted by molar-refractivity contribution is 0.0964. The summed E-state index contributed by atoms with van der Waals surface area (Å²) in [6, 6.07) is 5.08. The number of hydrogen-bond acceptors (Lipinski definition) is 4. The van der Waals surface area contributed by atoms with Gasteiger partial charge in [-0.2, -0.15) is 0 Å². The van der Waals surface area contributed by atoms with E-state index in [4.69, 9.17) is 10.8 Å². The standard InChI is InChI=1S/C12H19N3O2/c1-8(16)5-6-15-11-7-9(13)3-4-10(11)12(17)14-2/h3-4,7-8,15-16H,5-6,13H2,1-2H3,(H,14,17). The summed E-state index contributed by atoms with van der Waals surface area (Å²) in [5, 5.41) is 14.8. The van der Waals surface area contributed by atoms with Crippen molar-refractivity contribution in [3.8, 4) is 0 Å². The molecule has 0 saturated carbocycles. The molecule has 5 N–H and O–H groups in total. The van der Waals surface area contributed by atoms with Gasteiger partial charge >= 0.3 is 0 Å². The number of aliphatic hydroxyl groups is 1. The molecule has 5 nitrogen and oxygen atoms in total. The third-order valence-electron chi connectivity index (χ3n) is 2.39. The van der Waals surface area contributed by atoms with Crippen molar-refractivity contribution in [3.05, 3.63) is 23.8 Å². The number of rotatable bonds is 5. The van der Waals surface area contributed by atoms with Crippen LogP contribution in [0.25, 0.3) is 0 Å². The Bertz CT molecular complexity index is 391. The van der Waals surface area contributed by atoms with Crippen LogP contribution in [0, 0.1) is 0 Å². The summed E-state index contributed by atoms with van der Waals surface area (Å²) in [6.07, 6.45) is 0.245. The maximum absolute atomic E-state index is 11.6. The Balaban J connectivity index is 2.80. The van der Waals surface area contributed by atoms with Crippen molar-refractivity contribution in [2.75, 3.05) is 24.6 Å². The van der Waals surface area contributed by atoms with Gasteiger partial charge in [-0.15, -0.1) is 0 Å². The third kappa shape index (κ3) is 3.96. The van der Waals surface area contributed by atoms with Crippen molar-refractivity contribution in [2.45, 2.75) is 19.4 Å². The van der Waals surface area contributed by atoms with Gasteiger partial charge in [-0.25, -0.2) is 0 Å². The molecule has 0 fully saturated rings. The van der Waals surface area contributed by atoms with E-state index in [1.54, 1.807) is 32.2 Å². The molecule has 94 valence electrons. The van der Waals surface area contributed by atoms with E-state index in [2.05, 4.69) is 10.6 Å². The van der Waals surface area contributed by atoms with Gasteiger partial charge in [0.15, 0.2) is 0 Å². The Hall–Kier alpha value is -1.75. The fourth-order valence-corrected chi connectivity index (χ4v) is 1.46. The molecule has 0 aromatic heterocycles. The van der Waals surface area contributed by atoms with E-state index < -0.39 is 0 Å². The summed E-state index contributed by atoms with van der Waals surface area (Å²) in [7, 11) is 1.58. The van der Waals surface area contributed by atoms with Crippen molar-refractivity contribution < 1.29 is 9.90 Å². The lowest BCUT2D eigenvalue weighted by Gasteiger charge is -2.12. The van der Waals surface area contributed by atoms with Crippen LogP contribution in [-0.2, 0) is 0 Å². The quantitative estimate of drug-likeness (QED) is 0.571. The first kappa shape index (κ1) is 13.3. The van der Waals surface area contributed by atoms with Gasteiger partial charge in [0, 0.05) is 25.0 Å². The molecule has 1 rings (SSSR count). The maximum Gasteiger partial charge on any atom is 0.253 e. The highest BCUT2D eigenvalue weighted by Crippen LogP contribution is 2.19. The van der Waals surface area contributed by atoms with E-state index in [0.29, 0.717) is 29.9 Å². The molecule has 0 radical (unpaired) electrons. The summed E-state index contributed by atoms with van der Waals surface area (Å²) in [6.45, 7) is 2.31. The van der Waals surface area contributed by atoms with Gasteiger partial charge in [0.05, 0.1) is 11.7 Å². The molecule has 0 bridgehead atoms. The molecule has 1 aromatic carbocycles. The van der Waals surface area contributed by atoms with Crippen molar-refractivity contribution in [2.24, 2.45) is 0 Å². The number of carbonyl (C=O) groups is 1. The van der Waals surface area contributed by atoms with Crippen molar-refractivity contribution in [1.82, 2.24) is 5.32 Å². The van der Waals surface area contributed by atoms with Crippen LogP contribution in [0.15, 0.2) is 18.2 Å². The largest absolute Gasteiger partial charge is 0.399 e. The Morgan fingerprint density at radius 2 is 2.24 bits per heavy atom. The van der Waals surface area contributed by atoms with E-state index in [1.165, 1.54) is 0 Å². The summed E-state index contributed by atoms with van der Waals surface area (Å²) in [4.78, 5) is 11.6. The molecule has 0 spiro atoms. The molecule has 0 heterocycles. The zero-order valence-corrected chi connectivity index (χ0v) is 10.2. The number of hydrogen-bond donors (Lipinski definition) is 4. The van der Waals surface area contributed by atoms with Crippen LogP contribution in [-0.4, -0.2) is 30.7 Å². The van der Waals surface area contributed by atoms with Crippen molar-refractivity contribution in [1.29, 1.82) is 0 Å². The second-order valence-electron chi connectivity index (χ2n) is 3.95. The lowest BCUT2D eigenvalue weighted by Crippen LogP contribution is -2.20. The fraction of sp³-hybridized carbons (Fsp3) is 0.417. The second-order valence-corrected chi connectivity index (χ2v) is 3.95. The summed E-state index contributed by atoms with van der Waals surface area (Å²) < 4.78 is 0. The Morgan fingerprint density at radius 3 is 2.82 bits per heavy atom. The summed E-state index contributed by atoms with van der Waals surface area (Å²) in [5.74, 6) is -0.162. The van der Waals surface area contributed by atoms with Gasteiger partial charge in [-0.05, 0) is 31.5 Å². The van der Waals surface area contributed by atoms with E-state index >= 15 is 0 Å². The van der Waals surface area contributed by atoms with Crippen molar-refractivity contribution in [3.63, 3.8) is 0 Å². The molecule has 5 heteroatoms. The number of amides is 1. The molecule has 1 atom stereocenters. The van der Waals surface area contributed by atoms with Gasteiger partial charge in [0.2, 0.25) is 0 Å². The highest BCUT2D eigenvalue weighted by molar-refractivity contribution is 6.00. The predicted octanol–water partition coefficient (Wildman–Crippen LogP) is 0.811. The molecule has 0 saturated heterocycles. The minimum Gasteiger partial charge on any atom is -0.399 e. The van der Waals surface area contributed by atoms with Crippen LogP contribution in [0.5, 0.6) is 0 Å². The average Bonchev–Trinajstić information content (AvgIpc) is 2.28. The first-order valence-electron chi connectivity index (χ1n) is 5.58. The van der Waals surface area contributed by atoms with E-state index in [9.17, 15) is 4.79 Å². The zero-order chi connectivity index (χ0) is 12.8. The molecule has 0 aliphatic heterocycles. The normalized spacial score (nSPS) is 11.9. The topological polar surface area (TPSA) is 87.4 Å². The van der Waals surface area contributed by atoms with Gasteiger partial charge in [-0.1, -0.05) is 0 Å². The molecule has 17 heavy (non-hydrogen) atoms. The fourth-order valence-electron chi connectivity index (χ4n) is 1.46. The monoisotopic (exact) mass is 237 g/mol. The van der Waals surface area contributed by atoms with E-state index in [1.807, 2.05) is 0 Å². The number of nitrogens with one attached hydrogen (secondary N) is 2. The predicted molar refractivity (Wildman–Crippen MR) is 69.0 cm³/mol. The highest BCUT2D eigenvalue weighted by atomic mass is 16.3. The minimum atomic E-state index is -0.369. The molecule has 0 aliphatic rings. The lowest BCUT2D eigenvalue weighted by atomic mass is 10.1. The third-order valence-corrected chi connectivity index (χ3v) is 2.39. The van der Waals surface area contributed by atoms with Gasteiger partial charge in [0.1, 0.15) is 0 Å². The van der Waals surface area contributed by atoms with Crippen LogP contribution >= 0.6 is 0 Å². The number of aliphatic hydroxyl groups excluding tert-OH is 1. The Morgan fingerprint density at radius 1 is 1.53 bits per heavy atom. The molecule has 1 unspecified atom stereocenters. The van der Waals surface area contributed by atoms with Crippen LogP contribution in [0.4, 0.5) is 11.4 Å². The van der Waals surface area contributed by atoms with Gasteiger partial charge in [-0.3, -0.25) is 4.79 Å². The molecule has 1 amide bonds. The SMILES string of the molecule is CNC(=O)c1ccc(N)cc1NCCC(C)O. The number of carbonyl (C=O) groups excluding carboxylic acids is 1. The first-order chi connectivity index (χ1) is 8.04. The summed E-state index contributed by atoms with van der Waals surface area (Å²) in [5.41, 5.74) is 7.51. The van der Waals surface area contributed by atoms with E-state index in [-0.39, 0.29) is 12.0 Å². The minimum absolute atomic E-state index is 0.162. The number of benzene rings is 1. The van der Waals surface area contributed by atoms with Crippen LogP contribution in [0.3, 0.4) is 0 Å². The van der Waals surface area contributed by atoms with Gasteiger partial charge < -0.3 is 21.5 Å². The average molecular weight is 237 g/mol. The molecule has 0 aliphatic carbocycles. The molecular weight excluding hydrogens is 218 g/mol. The highest BCUT2D eigenvalue weighted by Gasteiger charge is 2.09. The number of nitrogens with two attached hydrogens (primary N) is 1. The Kier molecular flexibility index (Phi) is 4.78. The smallest absolute Gasteiger partial charge is 0.253 e. The maximum atomic E-state index is 11.6. The summed E-state index contributed by atoms with van der Waals surface area (Å²) >= 11 is 0. The molecular formula is C12H19N3O2. The number of nitrogen functional groups attached to an aromatic ring is 1. The van der Waals surface area contributed by atoms with Crippen LogP contribution in [0.2, 0.25) is 0 Å². The Labute approximate surface area is 101 Å².